The number of hydrogen-bond donors (Lipinski definition) is 1. The molecule has 0 unspecified atom stereocenters. The second kappa shape index (κ2) is 5.28. The molecule has 2 aromatic rings. The highest BCUT2D eigenvalue weighted by Gasteiger charge is 2.54. The number of nitrogens with zero attached hydrogens (tertiary/aromatic N) is 1. The first-order valence-corrected chi connectivity index (χ1v) is 8.93. The van der Waals surface area contributed by atoms with Crippen LogP contribution in [0.15, 0.2) is 42.5 Å². The molecule has 4 nitrogen and oxygen atoms in total. The fourth-order valence-electron chi connectivity index (χ4n) is 5.62. The summed E-state index contributed by atoms with van der Waals surface area (Å²) < 4.78 is 14.5. The molecule has 1 N–H and O–H groups in total. The van der Waals surface area contributed by atoms with Crippen molar-refractivity contribution in [1.29, 1.82) is 0 Å². The van der Waals surface area contributed by atoms with Gasteiger partial charge in [-0.3, -0.25) is 10.1 Å². The highest BCUT2D eigenvalue weighted by molar-refractivity contribution is 5.62. The molecule has 5 atom stereocenters. The number of non-ortho nitro benzene ring substituents is 1. The van der Waals surface area contributed by atoms with E-state index in [4.69, 9.17) is 0 Å². The standard InChI is InChI=1S/C20H19FN2O2/c21-16-4-2-1-3-14(16)20-19-12-6-5-11(9-12)18(19)15-10-13(23(24)25)7-8-17(15)22-20/h1-4,7-8,10-12,18-20,22H,5-6,9H2/t11-,12+,18-,19+,20-/m1/s1. The maximum Gasteiger partial charge on any atom is 0.269 e. The van der Waals surface area contributed by atoms with Crippen molar-refractivity contribution in [2.75, 3.05) is 5.32 Å². The van der Waals surface area contributed by atoms with Gasteiger partial charge in [0.1, 0.15) is 5.82 Å². The second-order valence-electron chi connectivity index (χ2n) is 7.61. The van der Waals surface area contributed by atoms with Crippen molar-refractivity contribution >= 4 is 11.4 Å². The Bertz CT molecular complexity index is 869. The third-order valence-corrected chi connectivity index (χ3v) is 6.52. The summed E-state index contributed by atoms with van der Waals surface area (Å²) in [5, 5.41) is 14.7. The second-order valence-corrected chi connectivity index (χ2v) is 7.61. The number of nitro benzene ring substituents is 1. The van der Waals surface area contributed by atoms with E-state index in [-0.39, 0.29) is 22.5 Å². The van der Waals surface area contributed by atoms with Gasteiger partial charge in [0.15, 0.2) is 0 Å². The molecular formula is C20H19FN2O2. The Morgan fingerprint density at radius 2 is 1.88 bits per heavy atom. The topological polar surface area (TPSA) is 55.2 Å². The van der Waals surface area contributed by atoms with Crippen molar-refractivity contribution in [2.24, 2.45) is 17.8 Å². The smallest absolute Gasteiger partial charge is 0.269 e. The van der Waals surface area contributed by atoms with E-state index < -0.39 is 0 Å². The predicted octanol–water partition coefficient (Wildman–Crippen LogP) is 5.03. The summed E-state index contributed by atoms with van der Waals surface area (Å²) >= 11 is 0. The van der Waals surface area contributed by atoms with Gasteiger partial charge >= 0.3 is 0 Å². The van der Waals surface area contributed by atoms with Crippen LogP contribution in [0.1, 0.15) is 42.3 Å². The van der Waals surface area contributed by atoms with Crippen LogP contribution in [-0.2, 0) is 0 Å². The summed E-state index contributed by atoms with van der Waals surface area (Å²) in [6.07, 6.45) is 3.52. The van der Waals surface area contributed by atoms with Gasteiger partial charge in [0.05, 0.1) is 11.0 Å². The Morgan fingerprint density at radius 3 is 2.68 bits per heavy atom. The molecule has 0 radical (unpaired) electrons. The minimum absolute atomic E-state index is 0.0598. The van der Waals surface area contributed by atoms with Crippen molar-refractivity contribution in [2.45, 2.75) is 31.2 Å². The fraction of sp³-hybridized carbons (Fsp3) is 0.400. The molecule has 1 heterocycles. The zero-order valence-electron chi connectivity index (χ0n) is 13.7. The first-order chi connectivity index (χ1) is 12.1. The van der Waals surface area contributed by atoms with Gasteiger partial charge in [0.25, 0.3) is 5.69 Å². The van der Waals surface area contributed by atoms with Crippen LogP contribution in [0.2, 0.25) is 0 Å². The van der Waals surface area contributed by atoms with Gasteiger partial charge in [-0.05, 0) is 60.6 Å². The molecule has 0 saturated heterocycles. The summed E-state index contributed by atoms with van der Waals surface area (Å²) in [4.78, 5) is 10.9. The lowest BCUT2D eigenvalue weighted by atomic mass is 9.68. The number of halogens is 1. The van der Waals surface area contributed by atoms with E-state index in [1.165, 1.54) is 25.0 Å². The quantitative estimate of drug-likeness (QED) is 0.617. The van der Waals surface area contributed by atoms with E-state index in [2.05, 4.69) is 5.32 Å². The molecule has 2 bridgehead atoms. The number of rotatable bonds is 2. The molecule has 2 aromatic carbocycles. The van der Waals surface area contributed by atoms with Crippen LogP contribution in [0.3, 0.4) is 0 Å². The summed E-state index contributed by atoms with van der Waals surface area (Å²) in [5.74, 6) is 1.56. The molecule has 2 aliphatic carbocycles. The largest absolute Gasteiger partial charge is 0.378 e. The van der Waals surface area contributed by atoms with E-state index in [9.17, 15) is 14.5 Å². The number of hydrogen-bond acceptors (Lipinski definition) is 3. The van der Waals surface area contributed by atoms with E-state index >= 15 is 0 Å². The number of benzene rings is 2. The van der Waals surface area contributed by atoms with Crippen LogP contribution in [-0.4, -0.2) is 4.92 Å². The Labute approximate surface area is 145 Å². The maximum atomic E-state index is 14.5. The van der Waals surface area contributed by atoms with E-state index in [0.29, 0.717) is 29.2 Å². The SMILES string of the molecule is O=[N+]([O-])c1ccc2c(c1)[C@H]1[C@@H]3CC[C@@H](C3)[C@@H]1[C@@H](c1ccccc1F)N2. The first-order valence-electron chi connectivity index (χ1n) is 8.93. The van der Waals surface area contributed by atoms with Crippen LogP contribution in [0.5, 0.6) is 0 Å². The van der Waals surface area contributed by atoms with Crippen LogP contribution in [0.4, 0.5) is 15.8 Å². The Morgan fingerprint density at radius 1 is 1.08 bits per heavy atom. The number of anilines is 1. The van der Waals surface area contributed by atoms with Gasteiger partial charge in [0.2, 0.25) is 0 Å². The van der Waals surface area contributed by atoms with E-state index in [1.54, 1.807) is 18.2 Å². The third-order valence-electron chi connectivity index (χ3n) is 6.52. The molecule has 0 aromatic heterocycles. The zero-order chi connectivity index (χ0) is 17.1. The Hall–Kier alpha value is -2.43. The lowest BCUT2D eigenvalue weighted by Crippen LogP contribution is -2.35. The average Bonchev–Trinajstić information content (AvgIpc) is 3.23. The summed E-state index contributed by atoms with van der Waals surface area (Å²) in [7, 11) is 0. The van der Waals surface area contributed by atoms with Crippen LogP contribution >= 0.6 is 0 Å². The fourth-order valence-corrected chi connectivity index (χ4v) is 5.62. The molecule has 128 valence electrons. The number of nitrogens with one attached hydrogen (secondary N) is 1. The minimum Gasteiger partial charge on any atom is -0.378 e. The van der Waals surface area contributed by atoms with Gasteiger partial charge in [-0.25, -0.2) is 4.39 Å². The van der Waals surface area contributed by atoms with Crippen molar-refractivity contribution in [3.63, 3.8) is 0 Å². The molecular weight excluding hydrogens is 319 g/mol. The summed E-state index contributed by atoms with van der Waals surface area (Å²) in [6, 6.07) is 12.0. The molecule has 5 rings (SSSR count). The van der Waals surface area contributed by atoms with Crippen LogP contribution in [0, 0.1) is 33.7 Å². The predicted molar refractivity (Wildman–Crippen MR) is 92.9 cm³/mol. The number of nitro groups is 1. The molecule has 1 aliphatic heterocycles. The molecule has 3 aliphatic rings. The molecule has 2 fully saturated rings. The van der Waals surface area contributed by atoms with Crippen molar-refractivity contribution < 1.29 is 9.31 Å². The number of fused-ring (bicyclic) bond motifs is 7. The summed E-state index contributed by atoms with van der Waals surface area (Å²) in [5.41, 5.74) is 2.84. The molecule has 0 spiro atoms. The highest BCUT2D eigenvalue weighted by atomic mass is 19.1. The van der Waals surface area contributed by atoms with Crippen LogP contribution < -0.4 is 5.32 Å². The maximum absolute atomic E-state index is 14.5. The van der Waals surface area contributed by atoms with Gasteiger partial charge in [-0.1, -0.05) is 18.2 Å². The van der Waals surface area contributed by atoms with Gasteiger partial charge in [-0.15, -0.1) is 0 Å². The van der Waals surface area contributed by atoms with Crippen molar-refractivity contribution in [1.82, 2.24) is 0 Å². The van der Waals surface area contributed by atoms with Crippen molar-refractivity contribution in [3.05, 3.63) is 69.5 Å². The highest BCUT2D eigenvalue weighted by Crippen LogP contribution is 2.64. The van der Waals surface area contributed by atoms with E-state index in [0.717, 1.165) is 17.7 Å². The minimum atomic E-state index is -0.328. The molecule has 5 heteroatoms. The van der Waals surface area contributed by atoms with Gasteiger partial charge < -0.3 is 5.32 Å². The monoisotopic (exact) mass is 338 g/mol. The average molecular weight is 338 g/mol. The van der Waals surface area contributed by atoms with Crippen LogP contribution in [0.25, 0.3) is 0 Å². The lowest BCUT2D eigenvalue weighted by molar-refractivity contribution is -0.384. The molecule has 2 saturated carbocycles. The van der Waals surface area contributed by atoms with Gasteiger partial charge in [-0.2, -0.15) is 0 Å². The molecule has 0 amide bonds. The first kappa shape index (κ1) is 14.9. The van der Waals surface area contributed by atoms with Gasteiger partial charge in [0, 0.05) is 23.4 Å². The Kier molecular flexibility index (Phi) is 3.14. The normalized spacial score (nSPS) is 32.0. The third kappa shape index (κ3) is 2.11. The Balaban J connectivity index is 1.65. The van der Waals surface area contributed by atoms with E-state index in [1.807, 2.05) is 12.1 Å². The van der Waals surface area contributed by atoms with Crippen molar-refractivity contribution in [3.8, 4) is 0 Å². The zero-order valence-corrected chi connectivity index (χ0v) is 13.7. The lowest BCUT2D eigenvalue weighted by Gasteiger charge is -2.43. The molecule has 25 heavy (non-hydrogen) atoms. The summed E-state index contributed by atoms with van der Waals surface area (Å²) in [6.45, 7) is 0.